The number of rotatable bonds is 7. The average Bonchev–Trinajstić information content (AvgIpc) is 2.37. The summed E-state index contributed by atoms with van der Waals surface area (Å²) in [4.78, 5) is 0. The summed E-state index contributed by atoms with van der Waals surface area (Å²) < 4.78 is 11.0. The Bertz CT molecular complexity index is 374. The lowest BCUT2D eigenvalue weighted by Crippen LogP contribution is -2.25. The molecule has 0 saturated heterocycles. The van der Waals surface area contributed by atoms with Crippen molar-refractivity contribution in [3.63, 3.8) is 0 Å². The van der Waals surface area contributed by atoms with E-state index in [-0.39, 0.29) is 18.6 Å². The summed E-state index contributed by atoms with van der Waals surface area (Å²) in [5.41, 5.74) is 0.457. The van der Waals surface area contributed by atoms with E-state index in [0.717, 1.165) is 5.56 Å². The highest BCUT2D eigenvalue weighted by Crippen LogP contribution is 2.25. The van der Waals surface area contributed by atoms with Crippen molar-refractivity contribution in [1.29, 1.82) is 0 Å². The molecule has 102 valence electrons. The van der Waals surface area contributed by atoms with Gasteiger partial charge in [-0.3, -0.25) is 0 Å². The third kappa shape index (κ3) is 4.55. The van der Waals surface area contributed by atoms with Gasteiger partial charge in [0.1, 0.15) is 11.5 Å². The van der Waals surface area contributed by atoms with E-state index in [4.69, 9.17) is 14.6 Å². The summed E-state index contributed by atoms with van der Waals surface area (Å²) in [5, 5.41) is 18.3. The number of aliphatic hydroxyl groups excluding tert-OH is 2. The van der Waals surface area contributed by atoms with Crippen molar-refractivity contribution in [2.75, 3.05) is 19.8 Å². The van der Waals surface area contributed by atoms with Gasteiger partial charge in [0.05, 0.1) is 26.4 Å². The van der Waals surface area contributed by atoms with Crippen LogP contribution in [0.5, 0.6) is 11.5 Å². The number of aliphatic hydroxyl groups is 2. The summed E-state index contributed by atoms with van der Waals surface area (Å²) in [6.45, 7) is 6.73. The predicted octanol–water partition coefficient (Wildman–Crippen LogP) is 1.97. The number of hydrogen-bond donors (Lipinski definition) is 2. The summed E-state index contributed by atoms with van der Waals surface area (Å²) in [7, 11) is 0. The molecule has 0 heterocycles. The zero-order chi connectivity index (χ0) is 13.6. The van der Waals surface area contributed by atoms with Crippen molar-refractivity contribution in [2.45, 2.75) is 27.4 Å². The van der Waals surface area contributed by atoms with Crippen LogP contribution in [0.1, 0.15) is 26.3 Å². The van der Waals surface area contributed by atoms with Gasteiger partial charge in [-0.2, -0.15) is 0 Å². The molecule has 0 aliphatic carbocycles. The molecule has 0 saturated carbocycles. The first-order valence-electron chi connectivity index (χ1n) is 6.12. The van der Waals surface area contributed by atoms with E-state index < -0.39 is 0 Å². The Morgan fingerprint density at radius 3 is 2.17 bits per heavy atom. The average molecular weight is 254 g/mol. The monoisotopic (exact) mass is 254 g/mol. The Labute approximate surface area is 108 Å². The molecule has 0 unspecified atom stereocenters. The van der Waals surface area contributed by atoms with Crippen LogP contribution in [0.4, 0.5) is 0 Å². The predicted molar refractivity (Wildman–Crippen MR) is 69.9 cm³/mol. The van der Waals surface area contributed by atoms with Gasteiger partial charge in [-0.05, 0) is 24.6 Å². The van der Waals surface area contributed by atoms with E-state index in [1.54, 1.807) is 18.2 Å². The maximum Gasteiger partial charge on any atom is 0.123 e. The van der Waals surface area contributed by atoms with Crippen LogP contribution in [0.25, 0.3) is 0 Å². The van der Waals surface area contributed by atoms with Crippen LogP contribution in [0.15, 0.2) is 18.2 Å². The van der Waals surface area contributed by atoms with E-state index in [1.807, 2.05) is 20.8 Å². The van der Waals surface area contributed by atoms with E-state index in [9.17, 15) is 5.11 Å². The molecule has 0 fully saturated rings. The minimum absolute atomic E-state index is 0.0549. The molecular formula is C14H22O4. The van der Waals surface area contributed by atoms with Gasteiger partial charge < -0.3 is 19.7 Å². The van der Waals surface area contributed by atoms with Crippen molar-refractivity contribution < 1.29 is 19.7 Å². The standard InChI is InChI=1S/C14H22O4/c1-4-17-12-5-11(8-15)6-13(7-12)18-10-14(2,3)9-16/h5-7,15-16H,4,8-10H2,1-3H3. The van der Waals surface area contributed by atoms with Gasteiger partial charge >= 0.3 is 0 Å². The fourth-order valence-electron chi connectivity index (χ4n) is 1.38. The minimum atomic E-state index is -0.291. The van der Waals surface area contributed by atoms with E-state index in [1.165, 1.54) is 0 Å². The van der Waals surface area contributed by atoms with Crippen molar-refractivity contribution >= 4 is 0 Å². The molecule has 0 aliphatic heterocycles. The van der Waals surface area contributed by atoms with Gasteiger partial charge in [-0.1, -0.05) is 13.8 Å². The Kier molecular flexibility index (Phi) is 5.44. The van der Waals surface area contributed by atoms with Crippen LogP contribution in [0.2, 0.25) is 0 Å². The lowest BCUT2D eigenvalue weighted by molar-refractivity contribution is 0.0973. The largest absolute Gasteiger partial charge is 0.494 e. The molecule has 4 nitrogen and oxygen atoms in total. The molecule has 0 atom stereocenters. The third-order valence-electron chi connectivity index (χ3n) is 2.49. The van der Waals surface area contributed by atoms with Crippen LogP contribution in [-0.2, 0) is 6.61 Å². The Hall–Kier alpha value is -1.26. The minimum Gasteiger partial charge on any atom is -0.494 e. The topological polar surface area (TPSA) is 58.9 Å². The molecular weight excluding hydrogens is 232 g/mol. The summed E-state index contributed by atoms with van der Waals surface area (Å²) in [5.74, 6) is 1.33. The molecule has 18 heavy (non-hydrogen) atoms. The SMILES string of the molecule is CCOc1cc(CO)cc(OCC(C)(C)CO)c1. The van der Waals surface area contributed by atoms with Gasteiger partial charge in [0.2, 0.25) is 0 Å². The van der Waals surface area contributed by atoms with Gasteiger partial charge in [-0.25, -0.2) is 0 Å². The highest BCUT2D eigenvalue weighted by Gasteiger charge is 2.17. The van der Waals surface area contributed by atoms with Gasteiger partial charge in [0.25, 0.3) is 0 Å². The molecule has 0 radical (unpaired) electrons. The van der Waals surface area contributed by atoms with E-state index in [0.29, 0.717) is 24.7 Å². The molecule has 0 bridgehead atoms. The molecule has 4 heteroatoms. The molecule has 2 N–H and O–H groups in total. The highest BCUT2D eigenvalue weighted by molar-refractivity contribution is 5.38. The lowest BCUT2D eigenvalue weighted by Gasteiger charge is -2.22. The Balaban J connectivity index is 2.78. The zero-order valence-electron chi connectivity index (χ0n) is 11.3. The third-order valence-corrected chi connectivity index (χ3v) is 2.49. The van der Waals surface area contributed by atoms with Gasteiger partial charge in [0.15, 0.2) is 0 Å². The first-order valence-corrected chi connectivity index (χ1v) is 6.12. The van der Waals surface area contributed by atoms with Crippen molar-refractivity contribution in [3.8, 4) is 11.5 Å². The maximum absolute atomic E-state index is 9.18. The molecule has 0 amide bonds. The van der Waals surface area contributed by atoms with E-state index >= 15 is 0 Å². The normalized spacial score (nSPS) is 11.4. The van der Waals surface area contributed by atoms with Gasteiger partial charge in [0, 0.05) is 11.5 Å². The second kappa shape index (κ2) is 6.61. The summed E-state index contributed by atoms with van der Waals surface area (Å²) in [6.07, 6.45) is 0. The van der Waals surface area contributed by atoms with E-state index in [2.05, 4.69) is 0 Å². The molecule has 1 rings (SSSR count). The van der Waals surface area contributed by atoms with Gasteiger partial charge in [-0.15, -0.1) is 0 Å². The summed E-state index contributed by atoms with van der Waals surface area (Å²) >= 11 is 0. The van der Waals surface area contributed by atoms with Crippen LogP contribution in [0.3, 0.4) is 0 Å². The first-order chi connectivity index (χ1) is 8.50. The smallest absolute Gasteiger partial charge is 0.123 e. The van der Waals surface area contributed by atoms with Crippen LogP contribution >= 0.6 is 0 Å². The second-order valence-corrected chi connectivity index (χ2v) is 5.01. The molecule has 1 aromatic carbocycles. The number of hydrogen-bond acceptors (Lipinski definition) is 4. The molecule has 0 aliphatic rings. The van der Waals surface area contributed by atoms with Crippen LogP contribution in [0, 0.1) is 5.41 Å². The highest BCUT2D eigenvalue weighted by atomic mass is 16.5. The number of ether oxygens (including phenoxy) is 2. The lowest BCUT2D eigenvalue weighted by atomic mass is 9.96. The maximum atomic E-state index is 9.18. The van der Waals surface area contributed by atoms with Crippen molar-refractivity contribution in [3.05, 3.63) is 23.8 Å². The second-order valence-electron chi connectivity index (χ2n) is 5.01. The molecule has 0 spiro atoms. The molecule has 0 aromatic heterocycles. The fraction of sp³-hybridized carbons (Fsp3) is 0.571. The Morgan fingerprint density at radius 2 is 1.67 bits per heavy atom. The van der Waals surface area contributed by atoms with Crippen LogP contribution < -0.4 is 9.47 Å². The summed E-state index contributed by atoms with van der Waals surface area (Å²) in [6, 6.07) is 5.35. The van der Waals surface area contributed by atoms with Crippen molar-refractivity contribution in [2.24, 2.45) is 5.41 Å². The number of benzene rings is 1. The van der Waals surface area contributed by atoms with Crippen molar-refractivity contribution in [1.82, 2.24) is 0 Å². The molecule has 1 aromatic rings. The Morgan fingerprint density at radius 1 is 1.06 bits per heavy atom. The zero-order valence-corrected chi connectivity index (χ0v) is 11.3. The van der Waals surface area contributed by atoms with Crippen LogP contribution in [-0.4, -0.2) is 30.0 Å². The first kappa shape index (κ1) is 14.8. The fourth-order valence-corrected chi connectivity index (χ4v) is 1.38. The quantitative estimate of drug-likeness (QED) is 0.781.